The summed E-state index contributed by atoms with van der Waals surface area (Å²) in [4.78, 5) is 23.9. The van der Waals surface area contributed by atoms with Crippen molar-refractivity contribution < 1.29 is 14.6 Å². The van der Waals surface area contributed by atoms with Gasteiger partial charge in [-0.05, 0) is 29.8 Å². The number of hydrogen-bond acceptors (Lipinski definition) is 5. The van der Waals surface area contributed by atoms with Crippen LogP contribution in [0.2, 0.25) is 0 Å². The molecule has 1 aliphatic heterocycles. The largest absolute Gasteiger partial charge is 0.477 e. The van der Waals surface area contributed by atoms with Gasteiger partial charge in [-0.3, -0.25) is 14.5 Å². The number of nitrogens with two attached hydrogens (primary N) is 1. The minimum atomic E-state index is -1.25. The van der Waals surface area contributed by atoms with Gasteiger partial charge in [0, 0.05) is 24.5 Å². The van der Waals surface area contributed by atoms with Gasteiger partial charge in [-0.1, -0.05) is 12.1 Å². The first kappa shape index (κ1) is 15.1. The van der Waals surface area contributed by atoms with E-state index in [2.05, 4.69) is 0 Å². The van der Waals surface area contributed by atoms with Gasteiger partial charge in [-0.25, -0.2) is 4.79 Å². The molecule has 3 N–H and O–H groups in total. The van der Waals surface area contributed by atoms with Gasteiger partial charge in [-0.2, -0.15) is 0 Å². The Morgan fingerprint density at radius 2 is 1.92 bits per heavy atom. The molecule has 126 valence electrons. The smallest absolute Gasteiger partial charge is 0.341 e. The normalized spacial score (nSPS) is 12.9. The molecule has 0 spiro atoms. The maximum atomic E-state index is 12.5. The first-order chi connectivity index (χ1) is 12.0. The molecule has 2 aromatic carbocycles. The van der Waals surface area contributed by atoms with Gasteiger partial charge < -0.3 is 15.6 Å². The van der Waals surface area contributed by atoms with Crippen molar-refractivity contribution in [2.45, 2.75) is 0 Å². The zero-order valence-electron chi connectivity index (χ0n) is 13.4. The average Bonchev–Trinajstić information content (AvgIpc) is 2.60. The third-order valence-corrected chi connectivity index (χ3v) is 4.32. The molecule has 2 heterocycles. The summed E-state index contributed by atoms with van der Waals surface area (Å²) in [6, 6.07) is 10.7. The molecule has 0 saturated heterocycles. The molecule has 4 rings (SSSR count). The van der Waals surface area contributed by atoms with Crippen LogP contribution in [0.15, 0.2) is 47.4 Å². The summed E-state index contributed by atoms with van der Waals surface area (Å²) in [6.45, 7) is 0.232. The zero-order valence-corrected chi connectivity index (χ0v) is 13.4. The molecule has 0 aliphatic carbocycles. The standard InChI is InChI=1S/C18H15N3O4/c1-20-9-25-17-12(10-2-4-11(19)5-3-10)6-7-13-15(17)21(20)8-14(16(13)22)18(23)24/h2-8H,9,19H2,1H3,(H,23,24). The van der Waals surface area contributed by atoms with Crippen molar-refractivity contribution in [1.29, 1.82) is 0 Å². The Morgan fingerprint density at radius 1 is 1.20 bits per heavy atom. The number of carbonyl (C=O) groups is 1. The van der Waals surface area contributed by atoms with Crippen molar-refractivity contribution in [2.24, 2.45) is 0 Å². The molecule has 7 heteroatoms. The lowest BCUT2D eigenvalue weighted by Crippen LogP contribution is -2.39. The van der Waals surface area contributed by atoms with Crippen molar-refractivity contribution in [3.05, 3.63) is 58.4 Å². The van der Waals surface area contributed by atoms with Crippen LogP contribution < -0.4 is 20.9 Å². The molecule has 7 nitrogen and oxygen atoms in total. The van der Waals surface area contributed by atoms with E-state index in [1.54, 1.807) is 41.0 Å². The predicted octanol–water partition coefficient (Wildman–Crippen LogP) is 1.87. The summed E-state index contributed by atoms with van der Waals surface area (Å²) in [5.74, 6) is -0.700. The van der Waals surface area contributed by atoms with E-state index in [1.807, 2.05) is 12.1 Å². The third kappa shape index (κ3) is 2.20. The predicted molar refractivity (Wildman–Crippen MR) is 94.7 cm³/mol. The number of anilines is 1. The van der Waals surface area contributed by atoms with E-state index in [-0.39, 0.29) is 12.3 Å². The maximum Gasteiger partial charge on any atom is 0.341 e. The second kappa shape index (κ2) is 5.27. The number of pyridine rings is 1. The highest BCUT2D eigenvalue weighted by atomic mass is 16.5. The Hall–Kier alpha value is -3.48. The van der Waals surface area contributed by atoms with E-state index in [9.17, 15) is 14.7 Å². The van der Waals surface area contributed by atoms with E-state index in [0.29, 0.717) is 22.3 Å². The molecule has 0 saturated carbocycles. The first-order valence-corrected chi connectivity index (χ1v) is 7.63. The van der Waals surface area contributed by atoms with E-state index >= 15 is 0 Å². The second-order valence-electron chi connectivity index (χ2n) is 5.91. The molecule has 0 atom stereocenters. The Kier molecular flexibility index (Phi) is 3.18. The maximum absolute atomic E-state index is 12.5. The molecular weight excluding hydrogens is 322 g/mol. The van der Waals surface area contributed by atoms with Crippen molar-refractivity contribution in [1.82, 2.24) is 4.68 Å². The minimum absolute atomic E-state index is 0.232. The average molecular weight is 337 g/mol. The molecule has 1 aliphatic rings. The van der Waals surface area contributed by atoms with Crippen LogP contribution in [0.5, 0.6) is 5.75 Å². The Bertz CT molecular complexity index is 1070. The van der Waals surface area contributed by atoms with Crippen LogP contribution in [-0.4, -0.2) is 29.5 Å². The van der Waals surface area contributed by atoms with Crippen molar-refractivity contribution in [3.63, 3.8) is 0 Å². The summed E-state index contributed by atoms with van der Waals surface area (Å²) < 4.78 is 7.52. The second-order valence-corrected chi connectivity index (χ2v) is 5.91. The SMILES string of the molecule is CN1COc2c(-c3ccc(N)cc3)ccc3c(=O)c(C(=O)O)cn1c23. The highest BCUT2D eigenvalue weighted by Crippen LogP contribution is 2.38. The Morgan fingerprint density at radius 3 is 2.60 bits per heavy atom. The van der Waals surface area contributed by atoms with Crippen LogP contribution in [0, 0.1) is 0 Å². The summed E-state index contributed by atoms with van der Waals surface area (Å²) >= 11 is 0. The number of carboxylic acids is 1. The first-order valence-electron chi connectivity index (χ1n) is 7.63. The fourth-order valence-corrected chi connectivity index (χ4v) is 3.05. The number of nitrogens with zero attached hydrogens (tertiary/aromatic N) is 2. The van der Waals surface area contributed by atoms with E-state index in [0.717, 1.165) is 11.1 Å². The van der Waals surface area contributed by atoms with Crippen LogP contribution in [0.1, 0.15) is 10.4 Å². The van der Waals surface area contributed by atoms with Gasteiger partial charge in [-0.15, -0.1) is 0 Å². The topological polar surface area (TPSA) is 97.8 Å². The van der Waals surface area contributed by atoms with Crippen LogP contribution in [-0.2, 0) is 0 Å². The van der Waals surface area contributed by atoms with Crippen molar-refractivity contribution >= 4 is 22.6 Å². The number of carboxylic acid groups (broad SMARTS) is 1. The lowest BCUT2D eigenvalue weighted by Gasteiger charge is -2.31. The molecule has 1 aromatic heterocycles. The zero-order chi connectivity index (χ0) is 17.7. The van der Waals surface area contributed by atoms with Crippen molar-refractivity contribution in [2.75, 3.05) is 24.5 Å². The number of aromatic carboxylic acids is 1. The minimum Gasteiger partial charge on any atom is -0.477 e. The van der Waals surface area contributed by atoms with Gasteiger partial charge in [0.25, 0.3) is 0 Å². The van der Waals surface area contributed by atoms with Gasteiger partial charge in [0.2, 0.25) is 5.43 Å². The van der Waals surface area contributed by atoms with Crippen LogP contribution in [0.4, 0.5) is 5.69 Å². The summed E-state index contributed by atoms with van der Waals surface area (Å²) in [6.07, 6.45) is 1.34. The van der Waals surface area contributed by atoms with Crippen LogP contribution >= 0.6 is 0 Å². The summed E-state index contributed by atoms with van der Waals surface area (Å²) in [5.41, 5.74) is 7.87. The monoisotopic (exact) mass is 337 g/mol. The van der Waals surface area contributed by atoms with Gasteiger partial charge in [0.05, 0.1) is 5.39 Å². The van der Waals surface area contributed by atoms with E-state index in [4.69, 9.17) is 10.5 Å². The Labute approximate surface area is 142 Å². The molecule has 0 fully saturated rings. The number of benzene rings is 2. The van der Waals surface area contributed by atoms with E-state index in [1.165, 1.54) is 6.20 Å². The summed E-state index contributed by atoms with van der Waals surface area (Å²) in [7, 11) is 1.76. The fourth-order valence-electron chi connectivity index (χ4n) is 3.05. The molecule has 0 bridgehead atoms. The number of rotatable bonds is 2. The summed E-state index contributed by atoms with van der Waals surface area (Å²) in [5, 5.41) is 11.3. The number of nitrogen functional groups attached to an aromatic ring is 1. The number of aromatic nitrogens is 1. The Balaban J connectivity index is 2.09. The third-order valence-electron chi connectivity index (χ3n) is 4.32. The quantitative estimate of drug-likeness (QED) is 0.693. The van der Waals surface area contributed by atoms with Crippen LogP contribution in [0.3, 0.4) is 0 Å². The molecular formula is C18H15N3O4. The highest BCUT2D eigenvalue weighted by molar-refractivity contribution is 5.98. The fraction of sp³-hybridized carbons (Fsp3) is 0.111. The number of hydrogen-bond donors (Lipinski definition) is 2. The molecule has 0 amide bonds. The lowest BCUT2D eigenvalue weighted by molar-refractivity contribution is 0.0694. The van der Waals surface area contributed by atoms with Gasteiger partial charge in [0.1, 0.15) is 11.1 Å². The highest BCUT2D eigenvalue weighted by Gasteiger charge is 2.24. The molecule has 0 radical (unpaired) electrons. The molecule has 3 aromatic rings. The lowest BCUT2D eigenvalue weighted by atomic mass is 10.0. The van der Waals surface area contributed by atoms with Crippen molar-refractivity contribution in [3.8, 4) is 16.9 Å². The molecule has 0 unspecified atom stereocenters. The number of ether oxygens (including phenoxy) is 1. The van der Waals surface area contributed by atoms with Gasteiger partial charge >= 0.3 is 5.97 Å². The van der Waals surface area contributed by atoms with E-state index < -0.39 is 11.4 Å². The molecule has 25 heavy (non-hydrogen) atoms. The van der Waals surface area contributed by atoms with Gasteiger partial charge in [0.15, 0.2) is 12.5 Å². The van der Waals surface area contributed by atoms with Crippen LogP contribution in [0.25, 0.3) is 22.0 Å².